The molecule has 0 rings (SSSR count). The number of hydrogen-bond acceptors (Lipinski definition) is 6. The van der Waals surface area contributed by atoms with Gasteiger partial charge in [0.1, 0.15) is 13.2 Å². The summed E-state index contributed by atoms with van der Waals surface area (Å²) in [5.41, 5.74) is 0. The molecule has 0 aliphatic carbocycles. The Morgan fingerprint density at radius 2 is 0.745 bits per heavy atom. The van der Waals surface area contributed by atoms with Gasteiger partial charge in [-0.05, 0) is 57.8 Å². The lowest BCUT2D eigenvalue weighted by atomic mass is 10.1. The molecule has 6 nitrogen and oxygen atoms in total. The van der Waals surface area contributed by atoms with E-state index in [9.17, 15) is 14.4 Å². The van der Waals surface area contributed by atoms with E-state index in [2.05, 4.69) is 45.1 Å². The molecule has 310 valence electrons. The Balaban J connectivity index is 4.47. The summed E-state index contributed by atoms with van der Waals surface area (Å²) in [4.78, 5) is 37.5. The standard InChI is InChI=1S/C49H78O6/c1-4-7-10-13-16-19-20-21-22-23-24-25-26-27-28-31-33-36-39-42-48(51)54-45-46(55-49(52)43-40-37-34-30-18-15-12-9-6-3)44-53-47(50)41-38-35-32-29-17-14-11-8-5-2/h7,10,13,16,19-28,30,34,46H,4-6,8-9,11-12,14-15,17-18,29,31-33,35-45H2,1-3H3/b10-7-,16-13-,20-19-,22-21-,24-23+,26-25-,28-27-,34-30-. The van der Waals surface area contributed by atoms with Crippen molar-refractivity contribution in [2.24, 2.45) is 0 Å². The van der Waals surface area contributed by atoms with Crippen molar-refractivity contribution in [2.45, 2.75) is 181 Å². The first-order chi connectivity index (χ1) is 27.0. The molecule has 0 aromatic rings. The number of carbonyl (C=O) groups excluding carboxylic acids is 3. The normalized spacial score (nSPS) is 13.0. The Hall–Kier alpha value is -3.67. The van der Waals surface area contributed by atoms with Gasteiger partial charge in [-0.2, -0.15) is 0 Å². The van der Waals surface area contributed by atoms with Gasteiger partial charge in [-0.25, -0.2) is 0 Å². The Bertz CT molecular complexity index is 1150. The van der Waals surface area contributed by atoms with Crippen molar-refractivity contribution >= 4 is 17.9 Å². The van der Waals surface area contributed by atoms with Crippen LogP contribution in [0.15, 0.2) is 97.2 Å². The number of hydrogen-bond donors (Lipinski definition) is 0. The summed E-state index contributed by atoms with van der Waals surface area (Å²) in [6.07, 6.45) is 55.4. The summed E-state index contributed by atoms with van der Waals surface area (Å²) in [7, 11) is 0. The third-order valence-corrected chi connectivity index (χ3v) is 8.77. The molecule has 0 saturated carbocycles. The van der Waals surface area contributed by atoms with Crippen LogP contribution in [0.2, 0.25) is 0 Å². The second-order valence-electron chi connectivity index (χ2n) is 14.1. The highest BCUT2D eigenvalue weighted by molar-refractivity contribution is 5.71. The van der Waals surface area contributed by atoms with Crippen LogP contribution in [0.25, 0.3) is 0 Å². The van der Waals surface area contributed by atoms with Crippen LogP contribution in [0.5, 0.6) is 0 Å². The fourth-order valence-electron chi connectivity index (χ4n) is 5.49. The van der Waals surface area contributed by atoms with Crippen LogP contribution in [0.4, 0.5) is 0 Å². The monoisotopic (exact) mass is 763 g/mol. The lowest BCUT2D eigenvalue weighted by molar-refractivity contribution is -0.167. The SMILES string of the molecule is CC\C=C/C=C\C=C/C=C\C=C\C=C/C=C\CCCCCC(=O)OCC(COC(=O)CCCCCCCCCCC)OC(=O)CCC/C=C\CCCCCC. The fourth-order valence-corrected chi connectivity index (χ4v) is 5.49. The maximum atomic E-state index is 12.6. The average Bonchev–Trinajstić information content (AvgIpc) is 3.18. The minimum absolute atomic E-state index is 0.104. The lowest BCUT2D eigenvalue weighted by Crippen LogP contribution is -2.30. The summed E-state index contributed by atoms with van der Waals surface area (Å²) in [6, 6.07) is 0. The number of carbonyl (C=O) groups is 3. The van der Waals surface area contributed by atoms with Crippen molar-refractivity contribution in [3.63, 3.8) is 0 Å². The third-order valence-electron chi connectivity index (χ3n) is 8.77. The first kappa shape index (κ1) is 51.3. The van der Waals surface area contributed by atoms with E-state index in [0.29, 0.717) is 19.3 Å². The van der Waals surface area contributed by atoms with Crippen molar-refractivity contribution < 1.29 is 28.6 Å². The first-order valence-corrected chi connectivity index (χ1v) is 21.8. The molecule has 1 atom stereocenters. The summed E-state index contributed by atoms with van der Waals surface area (Å²) in [5.74, 6) is -1.00. The van der Waals surface area contributed by atoms with E-state index in [4.69, 9.17) is 14.2 Å². The van der Waals surface area contributed by atoms with Gasteiger partial charge in [0.05, 0.1) is 0 Å². The second kappa shape index (κ2) is 43.1. The van der Waals surface area contributed by atoms with Crippen molar-refractivity contribution in [2.75, 3.05) is 13.2 Å². The molecule has 0 bridgehead atoms. The van der Waals surface area contributed by atoms with Crippen LogP contribution in [-0.4, -0.2) is 37.2 Å². The number of unbranched alkanes of at least 4 members (excludes halogenated alkanes) is 16. The van der Waals surface area contributed by atoms with Crippen LogP contribution in [0.3, 0.4) is 0 Å². The summed E-state index contributed by atoms with van der Waals surface area (Å²) < 4.78 is 16.6. The number of ether oxygens (including phenoxy) is 3. The largest absolute Gasteiger partial charge is 0.462 e. The Labute approximate surface area is 337 Å². The second-order valence-corrected chi connectivity index (χ2v) is 14.1. The van der Waals surface area contributed by atoms with Gasteiger partial charge in [-0.3, -0.25) is 14.4 Å². The lowest BCUT2D eigenvalue weighted by Gasteiger charge is -2.18. The molecule has 0 aromatic carbocycles. The molecule has 0 N–H and O–H groups in total. The molecule has 0 fully saturated rings. The van der Waals surface area contributed by atoms with Crippen LogP contribution < -0.4 is 0 Å². The molecule has 0 aromatic heterocycles. The van der Waals surface area contributed by atoms with Crippen molar-refractivity contribution in [3.8, 4) is 0 Å². The summed E-state index contributed by atoms with van der Waals surface area (Å²) in [6.45, 7) is 6.33. The predicted octanol–water partition coefficient (Wildman–Crippen LogP) is 13.9. The minimum Gasteiger partial charge on any atom is -0.462 e. The van der Waals surface area contributed by atoms with Gasteiger partial charge in [0.15, 0.2) is 6.10 Å². The van der Waals surface area contributed by atoms with Gasteiger partial charge in [0.25, 0.3) is 0 Å². The van der Waals surface area contributed by atoms with E-state index in [1.54, 1.807) is 0 Å². The zero-order valence-corrected chi connectivity index (χ0v) is 35.1. The molecule has 0 radical (unpaired) electrons. The molecule has 6 heteroatoms. The zero-order chi connectivity index (χ0) is 40.1. The van der Waals surface area contributed by atoms with Crippen molar-refractivity contribution in [1.29, 1.82) is 0 Å². The van der Waals surface area contributed by atoms with Crippen molar-refractivity contribution in [3.05, 3.63) is 97.2 Å². The molecular weight excluding hydrogens is 685 g/mol. The van der Waals surface area contributed by atoms with E-state index in [1.807, 2.05) is 72.9 Å². The minimum atomic E-state index is -0.807. The molecular formula is C49H78O6. The highest BCUT2D eigenvalue weighted by atomic mass is 16.6. The number of allylic oxidation sites excluding steroid dienone is 16. The maximum Gasteiger partial charge on any atom is 0.306 e. The van der Waals surface area contributed by atoms with Crippen molar-refractivity contribution in [1.82, 2.24) is 0 Å². The highest BCUT2D eigenvalue weighted by Crippen LogP contribution is 2.12. The fraction of sp³-hybridized carbons (Fsp3) is 0.612. The summed E-state index contributed by atoms with van der Waals surface area (Å²) >= 11 is 0. The summed E-state index contributed by atoms with van der Waals surface area (Å²) in [5, 5.41) is 0. The number of esters is 3. The maximum absolute atomic E-state index is 12.6. The van der Waals surface area contributed by atoms with E-state index in [-0.39, 0.29) is 37.5 Å². The van der Waals surface area contributed by atoms with Crippen LogP contribution in [0.1, 0.15) is 175 Å². The van der Waals surface area contributed by atoms with E-state index in [0.717, 1.165) is 64.2 Å². The van der Waals surface area contributed by atoms with Gasteiger partial charge in [0.2, 0.25) is 0 Å². The molecule has 0 aliphatic heterocycles. The van der Waals surface area contributed by atoms with Gasteiger partial charge in [-0.1, -0.05) is 195 Å². The molecule has 0 amide bonds. The molecule has 0 saturated heterocycles. The first-order valence-electron chi connectivity index (χ1n) is 21.8. The quantitative estimate of drug-likeness (QED) is 0.0206. The molecule has 1 unspecified atom stereocenters. The number of rotatable bonds is 37. The van der Waals surface area contributed by atoms with E-state index < -0.39 is 6.10 Å². The topological polar surface area (TPSA) is 78.9 Å². The Morgan fingerprint density at radius 3 is 1.24 bits per heavy atom. The zero-order valence-electron chi connectivity index (χ0n) is 35.1. The van der Waals surface area contributed by atoms with Gasteiger partial charge < -0.3 is 14.2 Å². The average molecular weight is 763 g/mol. The van der Waals surface area contributed by atoms with Crippen LogP contribution >= 0.6 is 0 Å². The van der Waals surface area contributed by atoms with Gasteiger partial charge >= 0.3 is 17.9 Å². The van der Waals surface area contributed by atoms with E-state index in [1.165, 1.54) is 64.2 Å². The Kier molecular flexibility index (Phi) is 40.2. The predicted molar refractivity (Wildman–Crippen MR) is 233 cm³/mol. The van der Waals surface area contributed by atoms with Gasteiger partial charge in [0, 0.05) is 19.3 Å². The molecule has 0 heterocycles. The van der Waals surface area contributed by atoms with Crippen LogP contribution in [-0.2, 0) is 28.6 Å². The van der Waals surface area contributed by atoms with E-state index >= 15 is 0 Å². The van der Waals surface area contributed by atoms with Crippen LogP contribution in [0, 0.1) is 0 Å². The highest BCUT2D eigenvalue weighted by Gasteiger charge is 2.19. The molecule has 0 aliphatic rings. The third kappa shape index (κ3) is 41.3. The Morgan fingerprint density at radius 1 is 0.382 bits per heavy atom. The molecule has 55 heavy (non-hydrogen) atoms. The molecule has 0 spiro atoms. The smallest absolute Gasteiger partial charge is 0.306 e. The van der Waals surface area contributed by atoms with Gasteiger partial charge in [-0.15, -0.1) is 0 Å².